The summed E-state index contributed by atoms with van der Waals surface area (Å²) in [5, 5.41) is 2.78. The summed E-state index contributed by atoms with van der Waals surface area (Å²) in [6, 6.07) is 13.8. The van der Waals surface area contributed by atoms with E-state index in [1.54, 1.807) is 69.3 Å². The van der Waals surface area contributed by atoms with Crippen molar-refractivity contribution in [3.63, 3.8) is 0 Å². The van der Waals surface area contributed by atoms with Gasteiger partial charge in [0.25, 0.3) is 17.7 Å². The molecule has 0 radical (unpaired) electrons. The van der Waals surface area contributed by atoms with Crippen LogP contribution in [0, 0.1) is 0 Å². The van der Waals surface area contributed by atoms with Crippen LogP contribution in [0.4, 0.5) is 5.69 Å². The lowest BCUT2D eigenvalue weighted by Crippen LogP contribution is -2.51. The molecule has 0 spiro atoms. The van der Waals surface area contributed by atoms with Crippen molar-refractivity contribution < 1.29 is 23.9 Å². The molecule has 1 N–H and O–H groups in total. The van der Waals surface area contributed by atoms with Gasteiger partial charge in [-0.1, -0.05) is 12.1 Å². The number of amides is 3. The van der Waals surface area contributed by atoms with Gasteiger partial charge in [0.15, 0.2) is 0 Å². The summed E-state index contributed by atoms with van der Waals surface area (Å²) in [5.74, 6) is -0.300. The highest BCUT2D eigenvalue weighted by Gasteiger charge is 2.44. The zero-order valence-corrected chi connectivity index (χ0v) is 17.6. The number of carbonyl (C=O) groups excluding carboxylic acids is 3. The normalized spacial score (nSPS) is 14.5. The highest BCUT2D eigenvalue weighted by Crippen LogP contribution is 2.29. The number of ether oxygens (including phenoxy) is 2. The third kappa shape index (κ3) is 4.36. The topological polar surface area (TPSA) is 84.9 Å². The van der Waals surface area contributed by atoms with Gasteiger partial charge in [-0.25, -0.2) is 0 Å². The molecule has 1 unspecified atom stereocenters. The van der Waals surface area contributed by atoms with Gasteiger partial charge in [-0.15, -0.1) is 0 Å². The predicted octanol–water partition coefficient (Wildman–Crippen LogP) is 3.50. The van der Waals surface area contributed by atoms with Crippen LogP contribution in [0.15, 0.2) is 48.5 Å². The second-order valence-corrected chi connectivity index (χ2v) is 7.70. The second kappa shape index (κ2) is 8.67. The van der Waals surface area contributed by atoms with Crippen LogP contribution in [0.25, 0.3) is 0 Å². The van der Waals surface area contributed by atoms with Gasteiger partial charge in [-0.05, 0) is 64.1 Å². The Hall–Kier alpha value is -3.19. The van der Waals surface area contributed by atoms with Crippen molar-refractivity contribution in [1.29, 1.82) is 0 Å². The molecule has 1 aliphatic heterocycles. The van der Waals surface area contributed by atoms with E-state index in [0.717, 1.165) is 5.75 Å². The molecule has 3 rings (SSSR count). The number of anilines is 1. The van der Waals surface area contributed by atoms with E-state index >= 15 is 0 Å². The van der Waals surface area contributed by atoms with Crippen molar-refractivity contribution in [1.82, 2.24) is 4.90 Å². The van der Waals surface area contributed by atoms with Gasteiger partial charge in [-0.3, -0.25) is 19.3 Å². The van der Waals surface area contributed by atoms with E-state index < -0.39 is 11.6 Å². The molecule has 0 saturated carbocycles. The van der Waals surface area contributed by atoms with Crippen LogP contribution in [0.5, 0.6) is 5.75 Å². The van der Waals surface area contributed by atoms with Crippen LogP contribution >= 0.6 is 0 Å². The predicted molar refractivity (Wildman–Crippen MR) is 113 cm³/mol. The number of rotatable bonds is 8. The van der Waals surface area contributed by atoms with E-state index in [2.05, 4.69) is 5.32 Å². The third-order valence-electron chi connectivity index (χ3n) is 4.89. The van der Waals surface area contributed by atoms with Crippen molar-refractivity contribution in [2.75, 3.05) is 18.5 Å². The SMILES string of the molecule is CCOc1ccc(NC(=O)C(C)OCC(C)(C)N2C(=O)c3ccccc3C2=O)cc1. The summed E-state index contributed by atoms with van der Waals surface area (Å²) >= 11 is 0. The van der Waals surface area contributed by atoms with Crippen LogP contribution in [0.2, 0.25) is 0 Å². The van der Waals surface area contributed by atoms with Crippen molar-refractivity contribution in [3.05, 3.63) is 59.7 Å². The largest absolute Gasteiger partial charge is 0.494 e. The molecule has 0 aliphatic carbocycles. The van der Waals surface area contributed by atoms with Crippen molar-refractivity contribution >= 4 is 23.4 Å². The Bertz CT molecular complexity index is 917. The molecule has 2 aromatic rings. The Labute approximate surface area is 176 Å². The minimum Gasteiger partial charge on any atom is -0.494 e. The Morgan fingerprint density at radius 3 is 2.13 bits per heavy atom. The molecule has 0 saturated heterocycles. The second-order valence-electron chi connectivity index (χ2n) is 7.70. The number of benzene rings is 2. The minimum absolute atomic E-state index is 0.0241. The van der Waals surface area contributed by atoms with Crippen LogP contribution in [-0.4, -0.2) is 47.5 Å². The monoisotopic (exact) mass is 410 g/mol. The molecule has 2 aromatic carbocycles. The third-order valence-corrected chi connectivity index (χ3v) is 4.89. The van der Waals surface area contributed by atoms with Crippen molar-refractivity contribution in [3.8, 4) is 5.75 Å². The van der Waals surface area contributed by atoms with E-state index in [4.69, 9.17) is 9.47 Å². The van der Waals surface area contributed by atoms with Crippen LogP contribution in [0.3, 0.4) is 0 Å². The number of fused-ring (bicyclic) bond motifs is 1. The number of carbonyl (C=O) groups is 3. The van der Waals surface area contributed by atoms with Gasteiger partial charge in [0.05, 0.1) is 29.9 Å². The lowest BCUT2D eigenvalue weighted by molar-refractivity contribution is -0.128. The summed E-state index contributed by atoms with van der Waals surface area (Å²) in [4.78, 5) is 39.1. The average molecular weight is 410 g/mol. The first-order valence-corrected chi connectivity index (χ1v) is 9.88. The molecule has 1 atom stereocenters. The average Bonchev–Trinajstić information content (AvgIpc) is 2.99. The fraction of sp³-hybridized carbons (Fsp3) is 0.348. The molecule has 1 heterocycles. The highest BCUT2D eigenvalue weighted by atomic mass is 16.5. The zero-order valence-electron chi connectivity index (χ0n) is 17.6. The summed E-state index contributed by atoms with van der Waals surface area (Å²) in [6.45, 7) is 7.60. The number of nitrogens with one attached hydrogen (secondary N) is 1. The van der Waals surface area contributed by atoms with Crippen LogP contribution in [0.1, 0.15) is 48.4 Å². The number of nitrogens with zero attached hydrogens (tertiary/aromatic N) is 1. The van der Waals surface area contributed by atoms with Gasteiger partial charge < -0.3 is 14.8 Å². The molecular weight excluding hydrogens is 384 g/mol. The maximum Gasteiger partial charge on any atom is 0.262 e. The maximum atomic E-state index is 12.7. The van der Waals surface area contributed by atoms with Gasteiger partial charge in [0.2, 0.25) is 0 Å². The number of imide groups is 1. The molecule has 30 heavy (non-hydrogen) atoms. The number of hydrogen-bond acceptors (Lipinski definition) is 5. The Kier molecular flexibility index (Phi) is 6.22. The molecule has 1 aliphatic rings. The lowest BCUT2D eigenvalue weighted by atomic mass is 10.0. The summed E-state index contributed by atoms with van der Waals surface area (Å²) in [7, 11) is 0. The molecule has 158 valence electrons. The Morgan fingerprint density at radius 2 is 1.60 bits per heavy atom. The molecular formula is C23H26N2O5. The zero-order chi connectivity index (χ0) is 21.9. The Morgan fingerprint density at radius 1 is 1.03 bits per heavy atom. The molecule has 3 amide bonds. The van der Waals surface area contributed by atoms with Crippen molar-refractivity contribution in [2.24, 2.45) is 0 Å². The van der Waals surface area contributed by atoms with E-state index in [1.807, 2.05) is 6.92 Å². The summed E-state index contributed by atoms with van der Waals surface area (Å²) < 4.78 is 11.1. The van der Waals surface area contributed by atoms with Gasteiger partial charge in [0, 0.05) is 5.69 Å². The minimum atomic E-state index is -0.916. The van der Waals surface area contributed by atoms with E-state index in [9.17, 15) is 14.4 Å². The Balaban J connectivity index is 1.59. The standard InChI is InChI=1S/C23H26N2O5/c1-5-29-17-12-10-16(11-13-17)24-20(26)15(2)30-14-23(3,4)25-21(27)18-8-6-7-9-19(18)22(25)28/h6-13,15H,5,14H2,1-4H3,(H,24,26). The quantitative estimate of drug-likeness (QED) is 0.673. The first-order chi connectivity index (χ1) is 14.2. The van der Waals surface area contributed by atoms with Crippen LogP contribution < -0.4 is 10.1 Å². The summed E-state index contributed by atoms with van der Waals surface area (Å²) in [6.07, 6.45) is -0.772. The van der Waals surface area contributed by atoms with E-state index in [1.165, 1.54) is 4.90 Å². The first-order valence-electron chi connectivity index (χ1n) is 9.88. The fourth-order valence-electron chi connectivity index (χ4n) is 3.25. The molecule has 7 heteroatoms. The first kappa shape index (κ1) is 21.5. The fourth-order valence-corrected chi connectivity index (χ4v) is 3.25. The number of hydrogen-bond donors (Lipinski definition) is 1. The lowest BCUT2D eigenvalue weighted by Gasteiger charge is -2.34. The smallest absolute Gasteiger partial charge is 0.262 e. The summed E-state index contributed by atoms with van der Waals surface area (Å²) in [5.41, 5.74) is 0.480. The molecule has 0 aromatic heterocycles. The van der Waals surface area contributed by atoms with Gasteiger partial charge in [-0.2, -0.15) is 0 Å². The van der Waals surface area contributed by atoms with Gasteiger partial charge >= 0.3 is 0 Å². The van der Waals surface area contributed by atoms with Gasteiger partial charge in [0.1, 0.15) is 11.9 Å². The van der Waals surface area contributed by atoms with Crippen molar-refractivity contribution in [2.45, 2.75) is 39.3 Å². The molecule has 0 fully saturated rings. The van der Waals surface area contributed by atoms with Crippen LogP contribution in [-0.2, 0) is 9.53 Å². The van der Waals surface area contributed by atoms with E-state index in [0.29, 0.717) is 23.4 Å². The van der Waals surface area contributed by atoms with E-state index in [-0.39, 0.29) is 24.3 Å². The molecule has 7 nitrogen and oxygen atoms in total. The maximum absolute atomic E-state index is 12.7. The molecule has 0 bridgehead atoms. The highest BCUT2D eigenvalue weighted by molar-refractivity contribution is 6.21.